The number of hydrogen-bond acceptors (Lipinski definition) is 3. The van der Waals surface area contributed by atoms with E-state index in [1.165, 1.54) is 43.2 Å². The van der Waals surface area contributed by atoms with E-state index >= 15 is 0 Å². The summed E-state index contributed by atoms with van der Waals surface area (Å²) in [5.74, 6) is 1.30. The van der Waals surface area contributed by atoms with E-state index in [2.05, 4.69) is 37.2 Å². The summed E-state index contributed by atoms with van der Waals surface area (Å²) in [6, 6.07) is 6.43. The van der Waals surface area contributed by atoms with Crippen LogP contribution in [0.2, 0.25) is 0 Å². The van der Waals surface area contributed by atoms with Gasteiger partial charge in [0.1, 0.15) is 0 Å². The maximum atomic E-state index is 6.02. The predicted molar refractivity (Wildman–Crippen MR) is 86.1 cm³/mol. The Morgan fingerprint density at radius 1 is 1.19 bits per heavy atom. The van der Waals surface area contributed by atoms with Gasteiger partial charge in [-0.1, -0.05) is 49.0 Å². The van der Waals surface area contributed by atoms with Gasteiger partial charge in [-0.2, -0.15) is 0 Å². The van der Waals surface area contributed by atoms with E-state index in [-0.39, 0.29) is 0 Å². The van der Waals surface area contributed by atoms with E-state index in [1.54, 1.807) is 0 Å². The molecule has 0 unspecified atom stereocenters. The quantitative estimate of drug-likeness (QED) is 0.888. The number of nitrogens with zero attached hydrogens (tertiary/aromatic N) is 1. The molecule has 3 nitrogen and oxygen atoms in total. The van der Waals surface area contributed by atoms with Crippen LogP contribution in [0.15, 0.2) is 22.7 Å². The van der Waals surface area contributed by atoms with Crippen LogP contribution < -0.4 is 5.73 Å². The van der Waals surface area contributed by atoms with Crippen LogP contribution in [0.3, 0.4) is 0 Å². The summed E-state index contributed by atoms with van der Waals surface area (Å²) in [6.07, 6.45) is 7.67. The van der Waals surface area contributed by atoms with E-state index in [9.17, 15) is 0 Å². The first-order chi connectivity index (χ1) is 10.1. The van der Waals surface area contributed by atoms with Crippen LogP contribution in [0.1, 0.15) is 48.9 Å². The highest BCUT2D eigenvalue weighted by atomic mass is 16.5. The van der Waals surface area contributed by atoms with E-state index in [1.807, 2.05) is 0 Å². The van der Waals surface area contributed by atoms with Crippen molar-refractivity contribution in [1.82, 2.24) is 5.16 Å². The Morgan fingerprint density at radius 2 is 1.95 bits per heavy atom. The fourth-order valence-electron chi connectivity index (χ4n) is 3.35. The Hall–Kier alpha value is -1.77. The normalized spacial score (nSPS) is 15.7. The monoisotopic (exact) mass is 284 g/mol. The molecule has 0 aliphatic heterocycles. The highest BCUT2D eigenvalue weighted by Crippen LogP contribution is 2.34. The van der Waals surface area contributed by atoms with Crippen LogP contribution in [0.25, 0.3) is 11.1 Å². The van der Waals surface area contributed by atoms with Gasteiger partial charge in [-0.05, 0) is 49.3 Å². The topological polar surface area (TPSA) is 52.0 Å². The lowest BCUT2D eigenvalue weighted by Crippen LogP contribution is -1.98. The molecule has 1 heterocycles. The van der Waals surface area contributed by atoms with Crippen LogP contribution in [-0.2, 0) is 6.42 Å². The molecule has 2 aromatic rings. The molecule has 3 rings (SSSR count). The molecule has 0 bridgehead atoms. The van der Waals surface area contributed by atoms with Crippen molar-refractivity contribution in [2.75, 3.05) is 5.73 Å². The minimum absolute atomic E-state index is 0.444. The van der Waals surface area contributed by atoms with Gasteiger partial charge in [0.2, 0.25) is 5.88 Å². The summed E-state index contributed by atoms with van der Waals surface area (Å²) in [5.41, 5.74) is 11.7. The second-order valence-electron chi connectivity index (χ2n) is 6.36. The molecule has 0 radical (unpaired) electrons. The molecule has 1 saturated carbocycles. The van der Waals surface area contributed by atoms with E-state index < -0.39 is 0 Å². The second kappa shape index (κ2) is 5.92. The Bertz CT molecular complexity index is 624. The van der Waals surface area contributed by atoms with Crippen LogP contribution in [0.5, 0.6) is 0 Å². The number of benzene rings is 1. The van der Waals surface area contributed by atoms with Crippen molar-refractivity contribution in [2.24, 2.45) is 5.92 Å². The number of rotatable bonds is 4. The second-order valence-corrected chi connectivity index (χ2v) is 6.36. The van der Waals surface area contributed by atoms with Crippen LogP contribution in [-0.4, -0.2) is 5.16 Å². The molecule has 0 saturated heterocycles. The minimum atomic E-state index is 0.444. The molecule has 0 amide bonds. The minimum Gasteiger partial charge on any atom is -0.367 e. The zero-order valence-electron chi connectivity index (χ0n) is 13.0. The molecular weight excluding hydrogens is 260 g/mol. The van der Waals surface area contributed by atoms with Gasteiger partial charge < -0.3 is 10.3 Å². The van der Waals surface area contributed by atoms with Crippen LogP contribution >= 0.6 is 0 Å². The van der Waals surface area contributed by atoms with Gasteiger partial charge in [0.25, 0.3) is 0 Å². The van der Waals surface area contributed by atoms with Crippen LogP contribution in [0.4, 0.5) is 5.88 Å². The molecule has 112 valence electrons. The lowest BCUT2D eigenvalue weighted by atomic mass is 9.95. The van der Waals surface area contributed by atoms with Crippen molar-refractivity contribution in [1.29, 1.82) is 0 Å². The molecule has 21 heavy (non-hydrogen) atoms. The molecule has 1 aliphatic carbocycles. The van der Waals surface area contributed by atoms with Gasteiger partial charge in [0, 0.05) is 0 Å². The maximum absolute atomic E-state index is 6.02. The zero-order chi connectivity index (χ0) is 14.8. The molecule has 3 heteroatoms. The van der Waals surface area contributed by atoms with Crippen molar-refractivity contribution in [3.8, 4) is 11.1 Å². The SMILES string of the molecule is Cc1ccc(-c2c(CCC3CCCC3)noc2N)cc1C. The smallest absolute Gasteiger partial charge is 0.230 e. The number of anilines is 1. The Kier molecular flexibility index (Phi) is 4.00. The first kappa shape index (κ1) is 14.2. The first-order valence-electron chi connectivity index (χ1n) is 7.97. The van der Waals surface area contributed by atoms with E-state index in [0.717, 1.165) is 29.2 Å². The number of hydrogen-bond donors (Lipinski definition) is 1. The lowest BCUT2D eigenvalue weighted by Gasteiger charge is -2.09. The third kappa shape index (κ3) is 2.97. The third-order valence-corrected chi connectivity index (χ3v) is 4.85. The van der Waals surface area contributed by atoms with Crippen LogP contribution in [0, 0.1) is 19.8 Å². The number of nitrogen functional groups attached to an aromatic ring is 1. The molecule has 0 spiro atoms. The third-order valence-electron chi connectivity index (χ3n) is 4.85. The molecule has 1 aromatic carbocycles. The van der Waals surface area contributed by atoms with Gasteiger partial charge in [-0.25, -0.2) is 0 Å². The highest BCUT2D eigenvalue weighted by molar-refractivity contribution is 5.75. The summed E-state index contributed by atoms with van der Waals surface area (Å²) in [7, 11) is 0. The zero-order valence-corrected chi connectivity index (χ0v) is 13.0. The Labute approximate surface area is 126 Å². The maximum Gasteiger partial charge on any atom is 0.230 e. The molecule has 0 atom stereocenters. The number of aryl methyl sites for hydroxylation is 3. The van der Waals surface area contributed by atoms with Crippen molar-refractivity contribution in [3.05, 3.63) is 35.0 Å². The largest absolute Gasteiger partial charge is 0.367 e. The van der Waals surface area contributed by atoms with Gasteiger partial charge in [-0.15, -0.1) is 0 Å². The Balaban J connectivity index is 1.83. The summed E-state index contributed by atoms with van der Waals surface area (Å²) >= 11 is 0. The van der Waals surface area contributed by atoms with Crippen molar-refractivity contribution in [2.45, 2.75) is 52.4 Å². The van der Waals surface area contributed by atoms with E-state index in [0.29, 0.717) is 5.88 Å². The summed E-state index contributed by atoms with van der Waals surface area (Å²) in [4.78, 5) is 0. The summed E-state index contributed by atoms with van der Waals surface area (Å²) in [5, 5.41) is 4.21. The molecule has 2 N–H and O–H groups in total. The van der Waals surface area contributed by atoms with Crippen molar-refractivity contribution >= 4 is 5.88 Å². The standard InChI is InChI=1S/C18H24N2O/c1-12-7-9-15(11-13(12)2)17-16(20-21-18(17)19)10-8-14-5-3-4-6-14/h7,9,11,14H,3-6,8,10,19H2,1-2H3. The van der Waals surface area contributed by atoms with Crippen molar-refractivity contribution in [3.63, 3.8) is 0 Å². The Morgan fingerprint density at radius 3 is 2.67 bits per heavy atom. The number of aromatic nitrogens is 1. The molecular formula is C18H24N2O. The molecule has 1 aliphatic rings. The first-order valence-corrected chi connectivity index (χ1v) is 7.97. The van der Waals surface area contributed by atoms with Gasteiger partial charge in [0.05, 0.1) is 11.3 Å². The van der Waals surface area contributed by atoms with Gasteiger partial charge in [-0.3, -0.25) is 0 Å². The molecule has 1 fully saturated rings. The van der Waals surface area contributed by atoms with Crippen molar-refractivity contribution < 1.29 is 4.52 Å². The van der Waals surface area contributed by atoms with E-state index in [4.69, 9.17) is 10.3 Å². The predicted octanol–water partition coefficient (Wildman–Crippen LogP) is 4.66. The summed E-state index contributed by atoms with van der Waals surface area (Å²) < 4.78 is 5.26. The fraction of sp³-hybridized carbons (Fsp3) is 0.500. The average Bonchev–Trinajstić information content (AvgIpc) is 3.09. The lowest BCUT2D eigenvalue weighted by molar-refractivity contribution is 0.419. The average molecular weight is 284 g/mol. The fourth-order valence-corrected chi connectivity index (χ4v) is 3.35. The van der Waals surface area contributed by atoms with Gasteiger partial charge >= 0.3 is 0 Å². The number of nitrogens with two attached hydrogens (primary N) is 1. The highest BCUT2D eigenvalue weighted by Gasteiger charge is 2.19. The molecule has 1 aromatic heterocycles. The summed E-state index contributed by atoms with van der Waals surface area (Å²) in [6.45, 7) is 4.25. The van der Waals surface area contributed by atoms with Gasteiger partial charge in [0.15, 0.2) is 0 Å².